The molecule has 0 radical (unpaired) electrons. The van der Waals surface area contributed by atoms with Gasteiger partial charge in [0.2, 0.25) is 0 Å². The second-order valence-electron chi connectivity index (χ2n) is 6.19. The van der Waals surface area contributed by atoms with Crippen LogP contribution in [0.2, 0.25) is 0 Å². The van der Waals surface area contributed by atoms with E-state index in [-0.39, 0.29) is 23.5 Å². The monoisotopic (exact) mass is 389 g/mol. The summed E-state index contributed by atoms with van der Waals surface area (Å²) in [6.07, 6.45) is 0. The molecule has 0 saturated heterocycles. The van der Waals surface area contributed by atoms with E-state index in [1.807, 2.05) is 0 Å². The highest BCUT2D eigenvalue weighted by Crippen LogP contribution is 2.17. The molecule has 7 nitrogen and oxygen atoms in total. The molecule has 0 unspecified atom stereocenters. The van der Waals surface area contributed by atoms with Crippen molar-refractivity contribution in [2.24, 2.45) is 0 Å². The number of rotatable bonds is 5. The molecule has 0 aliphatic rings. The minimum absolute atomic E-state index is 0.0879. The van der Waals surface area contributed by atoms with Gasteiger partial charge in [-0.2, -0.15) is 0 Å². The van der Waals surface area contributed by atoms with E-state index in [0.717, 1.165) is 0 Å². The Morgan fingerprint density at radius 2 is 0.931 bits per heavy atom. The van der Waals surface area contributed by atoms with Crippen LogP contribution >= 0.6 is 0 Å². The zero-order valence-corrected chi connectivity index (χ0v) is 15.6. The lowest BCUT2D eigenvalue weighted by atomic mass is 10.1. The topological polar surface area (TPSA) is 108 Å². The summed E-state index contributed by atoms with van der Waals surface area (Å²) in [6, 6.07) is 18.9. The predicted molar refractivity (Wildman–Crippen MR) is 110 cm³/mol. The molecule has 0 bridgehead atoms. The van der Waals surface area contributed by atoms with Crippen molar-refractivity contribution in [3.8, 4) is 5.75 Å². The summed E-state index contributed by atoms with van der Waals surface area (Å²) < 4.78 is 0. The molecule has 29 heavy (non-hydrogen) atoms. The first-order valence-corrected chi connectivity index (χ1v) is 8.80. The Labute approximate surface area is 167 Å². The number of hydrogen-bond acceptors (Lipinski definition) is 4. The van der Waals surface area contributed by atoms with Crippen LogP contribution in [0.25, 0.3) is 0 Å². The third kappa shape index (κ3) is 4.98. The van der Waals surface area contributed by atoms with Crippen molar-refractivity contribution >= 4 is 29.1 Å². The molecule has 3 amide bonds. The number of phenolic OH excluding ortho intramolecular Hbond substituents is 1. The number of hydrogen-bond donors (Lipinski definition) is 4. The largest absolute Gasteiger partial charge is 0.508 e. The molecule has 3 rings (SSSR count). The Balaban J connectivity index is 1.61. The fraction of sp³-hybridized carbons (Fsp3) is 0.0455. The van der Waals surface area contributed by atoms with Crippen LogP contribution in [0.4, 0.5) is 11.4 Å². The summed E-state index contributed by atoms with van der Waals surface area (Å²) >= 11 is 0. The molecule has 0 aliphatic heterocycles. The molecule has 0 aromatic heterocycles. The molecule has 0 saturated carbocycles. The minimum Gasteiger partial charge on any atom is -0.508 e. The van der Waals surface area contributed by atoms with Crippen LogP contribution in [0.3, 0.4) is 0 Å². The maximum absolute atomic E-state index is 12.3. The maximum Gasteiger partial charge on any atom is 0.255 e. The van der Waals surface area contributed by atoms with E-state index >= 15 is 0 Å². The van der Waals surface area contributed by atoms with Gasteiger partial charge in [-0.15, -0.1) is 0 Å². The van der Waals surface area contributed by atoms with E-state index in [0.29, 0.717) is 28.1 Å². The SMILES string of the molecule is CNC(=O)c1ccc(C(=O)Nc2ccc(NC(=O)c3ccc(O)cc3)cc2)cc1. The molecular weight excluding hydrogens is 370 g/mol. The van der Waals surface area contributed by atoms with Crippen LogP contribution < -0.4 is 16.0 Å². The van der Waals surface area contributed by atoms with Gasteiger partial charge in [0, 0.05) is 35.1 Å². The number of nitrogens with one attached hydrogen (secondary N) is 3. The summed E-state index contributed by atoms with van der Waals surface area (Å²) in [5.74, 6) is -0.751. The average molecular weight is 389 g/mol. The van der Waals surface area contributed by atoms with Gasteiger partial charge in [-0.25, -0.2) is 0 Å². The normalized spacial score (nSPS) is 10.1. The van der Waals surface area contributed by atoms with Crippen molar-refractivity contribution in [2.45, 2.75) is 0 Å². The number of carbonyl (C=O) groups excluding carboxylic acids is 3. The Morgan fingerprint density at radius 1 is 0.586 bits per heavy atom. The number of carbonyl (C=O) groups is 3. The summed E-state index contributed by atoms with van der Waals surface area (Å²) in [5.41, 5.74) is 2.43. The summed E-state index contributed by atoms with van der Waals surface area (Å²) in [6.45, 7) is 0. The predicted octanol–water partition coefficient (Wildman–Crippen LogP) is 3.26. The summed E-state index contributed by atoms with van der Waals surface area (Å²) in [4.78, 5) is 36.1. The summed E-state index contributed by atoms with van der Waals surface area (Å²) in [7, 11) is 1.54. The van der Waals surface area contributed by atoms with Crippen LogP contribution in [0.15, 0.2) is 72.8 Å². The highest BCUT2D eigenvalue weighted by molar-refractivity contribution is 6.06. The van der Waals surface area contributed by atoms with E-state index in [9.17, 15) is 19.5 Å². The van der Waals surface area contributed by atoms with Crippen LogP contribution in [-0.2, 0) is 0 Å². The third-order valence-corrected chi connectivity index (χ3v) is 4.17. The standard InChI is InChI=1S/C22H19N3O4/c1-23-20(27)14-2-4-15(5-3-14)21(28)24-17-8-10-18(11-9-17)25-22(29)16-6-12-19(26)13-7-16/h2-13,26H,1H3,(H,23,27)(H,24,28)(H,25,29). The van der Waals surface area contributed by atoms with Gasteiger partial charge < -0.3 is 21.1 Å². The van der Waals surface area contributed by atoms with E-state index in [1.54, 1.807) is 55.6 Å². The fourth-order valence-electron chi connectivity index (χ4n) is 2.57. The van der Waals surface area contributed by atoms with Crippen molar-refractivity contribution in [3.63, 3.8) is 0 Å². The van der Waals surface area contributed by atoms with Gasteiger partial charge in [-0.05, 0) is 72.8 Å². The Hall–Kier alpha value is -4.13. The van der Waals surface area contributed by atoms with Crippen molar-refractivity contribution in [1.82, 2.24) is 5.32 Å². The van der Waals surface area contributed by atoms with E-state index in [2.05, 4.69) is 16.0 Å². The average Bonchev–Trinajstić information content (AvgIpc) is 2.75. The molecule has 0 heterocycles. The lowest BCUT2D eigenvalue weighted by Crippen LogP contribution is -2.18. The summed E-state index contributed by atoms with van der Waals surface area (Å²) in [5, 5.41) is 17.3. The highest BCUT2D eigenvalue weighted by atomic mass is 16.3. The van der Waals surface area contributed by atoms with Gasteiger partial charge in [0.05, 0.1) is 0 Å². The molecular formula is C22H19N3O4. The highest BCUT2D eigenvalue weighted by Gasteiger charge is 2.09. The van der Waals surface area contributed by atoms with E-state index < -0.39 is 0 Å². The van der Waals surface area contributed by atoms with Crippen molar-refractivity contribution < 1.29 is 19.5 Å². The molecule has 0 aliphatic carbocycles. The Bertz CT molecular complexity index is 1030. The molecule has 146 valence electrons. The number of phenols is 1. The van der Waals surface area contributed by atoms with Crippen LogP contribution in [0.5, 0.6) is 5.75 Å². The van der Waals surface area contributed by atoms with Gasteiger partial charge in [0.15, 0.2) is 0 Å². The van der Waals surface area contributed by atoms with Crippen LogP contribution in [-0.4, -0.2) is 29.9 Å². The van der Waals surface area contributed by atoms with Gasteiger partial charge in [-0.1, -0.05) is 0 Å². The first-order chi connectivity index (χ1) is 14.0. The second-order valence-corrected chi connectivity index (χ2v) is 6.19. The zero-order chi connectivity index (χ0) is 20.8. The number of anilines is 2. The lowest BCUT2D eigenvalue weighted by molar-refractivity contribution is 0.0960. The van der Waals surface area contributed by atoms with Gasteiger partial charge in [-0.3, -0.25) is 14.4 Å². The maximum atomic E-state index is 12.3. The molecule has 3 aromatic rings. The van der Waals surface area contributed by atoms with Gasteiger partial charge in [0.1, 0.15) is 5.75 Å². The smallest absolute Gasteiger partial charge is 0.255 e. The second kappa shape index (κ2) is 8.71. The van der Waals surface area contributed by atoms with E-state index in [1.165, 1.54) is 24.3 Å². The van der Waals surface area contributed by atoms with Crippen molar-refractivity contribution in [3.05, 3.63) is 89.5 Å². The number of aromatic hydroxyl groups is 1. The molecule has 7 heteroatoms. The molecule has 0 atom stereocenters. The van der Waals surface area contributed by atoms with Gasteiger partial charge in [0.25, 0.3) is 17.7 Å². The van der Waals surface area contributed by atoms with Crippen molar-refractivity contribution in [2.75, 3.05) is 17.7 Å². The van der Waals surface area contributed by atoms with Crippen molar-refractivity contribution in [1.29, 1.82) is 0 Å². The minimum atomic E-state index is -0.311. The third-order valence-electron chi connectivity index (χ3n) is 4.17. The lowest BCUT2D eigenvalue weighted by Gasteiger charge is -2.09. The zero-order valence-electron chi connectivity index (χ0n) is 15.6. The molecule has 0 fully saturated rings. The van der Waals surface area contributed by atoms with E-state index in [4.69, 9.17) is 0 Å². The number of benzene rings is 3. The molecule has 0 spiro atoms. The number of amides is 3. The Morgan fingerprint density at radius 3 is 1.31 bits per heavy atom. The first-order valence-electron chi connectivity index (χ1n) is 8.80. The molecule has 4 N–H and O–H groups in total. The fourth-order valence-corrected chi connectivity index (χ4v) is 2.57. The Kier molecular flexibility index (Phi) is 5.89. The van der Waals surface area contributed by atoms with Gasteiger partial charge >= 0.3 is 0 Å². The molecule has 3 aromatic carbocycles. The van der Waals surface area contributed by atoms with Crippen LogP contribution in [0, 0.1) is 0 Å². The quantitative estimate of drug-likeness (QED) is 0.537. The van der Waals surface area contributed by atoms with Crippen LogP contribution in [0.1, 0.15) is 31.1 Å². The first kappa shape index (κ1) is 19.6.